The van der Waals surface area contributed by atoms with Crippen LogP contribution in [-0.2, 0) is 14.3 Å². The number of β-amino-alcohol motifs (C(OH)–C–C–N with tert-alkyl or cyclic N) is 1. The number of amides is 1. The summed E-state index contributed by atoms with van der Waals surface area (Å²) < 4.78 is 11.8. The van der Waals surface area contributed by atoms with E-state index >= 15 is 0 Å². The minimum absolute atomic E-state index is 0.0294. The number of halogens is 1. The van der Waals surface area contributed by atoms with E-state index in [0.29, 0.717) is 44.3 Å². The molecule has 11 nitrogen and oxygen atoms in total. The Labute approximate surface area is 263 Å². The lowest BCUT2D eigenvalue weighted by molar-refractivity contribution is -0.128. The van der Waals surface area contributed by atoms with Gasteiger partial charge in [-0.3, -0.25) is 25.6 Å². The largest absolute Gasteiger partial charge is 0.390 e. The van der Waals surface area contributed by atoms with E-state index in [9.17, 15) is 9.90 Å². The number of fused-ring (bicyclic) bond motifs is 1. The highest BCUT2D eigenvalue weighted by Crippen LogP contribution is 2.40. The van der Waals surface area contributed by atoms with E-state index < -0.39 is 6.10 Å². The fraction of sp³-hybridized carbons (Fsp3) is 0.968. The summed E-state index contributed by atoms with van der Waals surface area (Å²) >= 11 is 6.96. The maximum atomic E-state index is 13.4. The molecule has 0 aromatic heterocycles. The summed E-state index contributed by atoms with van der Waals surface area (Å²) in [7, 11) is 2.18. The molecule has 4 aliphatic heterocycles. The third kappa shape index (κ3) is 8.61. The van der Waals surface area contributed by atoms with E-state index in [1.807, 2.05) is 0 Å². The first-order valence-corrected chi connectivity index (χ1v) is 17.6. The summed E-state index contributed by atoms with van der Waals surface area (Å²) in [5.74, 6) is 1.01. The molecule has 6 rings (SSSR count). The molecular weight excluding hydrogens is 570 g/mol. The Kier molecular flexibility index (Phi) is 11.5. The van der Waals surface area contributed by atoms with E-state index in [1.165, 1.54) is 19.3 Å². The molecule has 246 valence electrons. The van der Waals surface area contributed by atoms with Gasteiger partial charge in [0.15, 0.2) is 0 Å². The van der Waals surface area contributed by atoms with Gasteiger partial charge in [0.1, 0.15) is 0 Å². The van der Waals surface area contributed by atoms with Gasteiger partial charge in [0.05, 0.1) is 49.4 Å². The molecule has 2 aliphatic carbocycles. The number of hydrogen-bond donors (Lipinski definition) is 5. The molecule has 12 heteroatoms. The quantitative estimate of drug-likeness (QED) is 0.204. The van der Waals surface area contributed by atoms with E-state index in [4.69, 9.17) is 21.1 Å². The lowest BCUT2D eigenvalue weighted by Gasteiger charge is -2.46. The number of likely N-dealkylation sites (N-methyl/N-ethyl adjacent to an activating group) is 1. The molecule has 9 atom stereocenters. The first-order valence-electron chi connectivity index (χ1n) is 17.1. The van der Waals surface area contributed by atoms with Crippen LogP contribution in [0.5, 0.6) is 0 Å². The molecule has 2 saturated carbocycles. The Hall–Kier alpha value is -0.600. The summed E-state index contributed by atoms with van der Waals surface area (Å²) in [5.41, 5.74) is 0. The van der Waals surface area contributed by atoms with Gasteiger partial charge in [-0.1, -0.05) is 6.42 Å². The molecule has 6 fully saturated rings. The SMILES string of the molecule is CN1CCN(C2CC(C(=O)NC[C@H](O)CN3CCC4C(CCC(OCC5CNCO5)C4Cl)C3)CC(NC3CCC3)N2)CC1. The highest BCUT2D eigenvalue weighted by Gasteiger charge is 2.42. The number of nitrogens with zero attached hydrogens (tertiary/aromatic N) is 3. The second-order valence-corrected chi connectivity index (χ2v) is 14.7. The van der Waals surface area contributed by atoms with Crippen molar-refractivity contribution in [2.45, 2.75) is 93.4 Å². The molecule has 0 bridgehead atoms. The van der Waals surface area contributed by atoms with Crippen molar-refractivity contribution in [2.24, 2.45) is 17.8 Å². The number of hydrogen-bond acceptors (Lipinski definition) is 10. The first-order chi connectivity index (χ1) is 20.9. The van der Waals surface area contributed by atoms with Crippen molar-refractivity contribution in [3.63, 3.8) is 0 Å². The second kappa shape index (κ2) is 15.3. The van der Waals surface area contributed by atoms with E-state index in [2.05, 4.69) is 43.0 Å². The second-order valence-electron chi connectivity index (χ2n) is 14.2. The van der Waals surface area contributed by atoms with Crippen LogP contribution in [0.3, 0.4) is 0 Å². The number of piperidine rings is 2. The molecule has 5 N–H and O–H groups in total. The number of likely N-dealkylation sites (tertiary alicyclic amines) is 1. The zero-order valence-corrected chi connectivity index (χ0v) is 26.9. The zero-order valence-electron chi connectivity index (χ0n) is 26.1. The highest BCUT2D eigenvalue weighted by atomic mass is 35.5. The lowest BCUT2D eigenvalue weighted by Crippen LogP contribution is -2.64. The molecule has 1 amide bonds. The van der Waals surface area contributed by atoms with Crippen molar-refractivity contribution in [2.75, 3.05) is 79.3 Å². The number of aliphatic hydroxyl groups is 1. The molecule has 43 heavy (non-hydrogen) atoms. The number of rotatable bonds is 11. The monoisotopic (exact) mass is 625 g/mol. The zero-order chi connectivity index (χ0) is 29.8. The van der Waals surface area contributed by atoms with Crippen LogP contribution in [0.1, 0.15) is 51.4 Å². The van der Waals surface area contributed by atoms with E-state index in [0.717, 1.165) is 77.9 Å². The molecular formula is C31H56ClN7O4. The molecule has 4 heterocycles. The molecule has 6 aliphatic rings. The van der Waals surface area contributed by atoms with Crippen LogP contribution in [0.4, 0.5) is 0 Å². The predicted molar refractivity (Wildman–Crippen MR) is 167 cm³/mol. The topological polar surface area (TPSA) is 114 Å². The lowest BCUT2D eigenvalue weighted by atomic mass is 9.73. The Balaban J connectivity index is 0.934. The van der Waals surface area contributed by atoms with E-state index in [1.54, 1.807) is 0 Å². The van der Waals surface area contributed by atoms with Crippen molar-refractivity contribution < 1.29 is 19.4 Å². The van der Waals surface area contributed by atoms with Crippen molar-refractivity contribution in [3.8, 4) is 0 Å². The molecule has 0 spiro atoms. The van der Waals surface area contributed by atoms with E-state index in [-0.39, 0.29) is 41.7 Å². The van der Waals surface area contributed by atoms with Crippen LogP contribution in [0, 0.1) is 17.8 Å². The summed E-state index contributed by atoms with van der Waals surface area (Å²) in [6.07, 6.45) is 8.48. The van der Waals surface area contributed by atoms with Crippen LogP contribution >= 0.6 is 11.6 Å². The van der Waals surface area contributed by atoms with Gasteiger partial charge < -0.3 is 29.7 Å². The van der Waals surface area contributed by atoms with Crippen LogP contribution in [-0.4, -0.2) is 147 Å². The van der Waals surface area contributed by atoms with Gasteiger partial charge >= 0.3 is 0 Å². The average Bonchev–Trinajstić information content (AvgIpc) is 3.51. The van der Waals surface area contributed by atoms with Gasteiger partial charge in [-0.05, 0) is 70.4 Å². The molecule has 8 unspecified atom stereocenters. The molecule has 0 radical (unpaired) electrons. The smallest absolute Gasteiger partial charge is 0.223 e. The molecule has 0 aromatic rings. The maximum absolute atomic E-state index is 13.4. The summed E-state index contributed by atoms with van der Waals surface area (Å²) in [6, 6.07) is 0.569. The average molecular weight is 626 g/mol. The van der Waals surface area contributed by atoms with Crippen molar-refractivity contribution in [1.29, 1.82) is 0 Å². The minimum Gasteiger partial charge on any atom is -0.390 e. The first kappa shape index (κ1) is 32.3. The van der Waals surface area contributed by atoms with Gasteiger partial charge in [0.25, 0.3) is 0 Å². The van der Waals surface area contributed by atoms with Crippen molar-refractivity contribution in [1.82, 2.24) is 36.0 Å². The highest BCUT2D eigenvalue weighted by molar-refractivity contribution is 6.21. The van der Waals surface area contributed by atoms with Gasteiger partial charge in [-0.25, -0.2) is 0 Å². The number of nitrogens with one attached hydrogen (secondary N) is 4. The Morgan fingerprint density at radius 2 is 1.95 bits per heavy atom. The van der Waals surface area contributed by atoms with Gasteiger partial charge in [-0.15, -0.1) is 11.6 Å². The van der Waals surface area contributed by atoms with Crippen molar-refractivity contribution in [3.05, 3.63) is 0 Å². The Morgan fingerprint density at radius 3 is 2.70 bits per heavy atom. The number of aliphatic hydroxyl groups excluding tert-OH is 1. The molecule has 4 saturated heterocycles. The number of carbonyl (C=O) groups excluding carboxylic acids is 1. The predicted octanol–water partition coefficient (Wildman–Crippen LogP) is 0.175. The number of piperazine rings is 1. The standard InChI is InChI=1S/C31H56ClN7O4/c1-37-9-11-39(12-10-37)29-14-22(13-28(36-29)35-23-3-2-4-23)31(41)34-15-24(40)18-38-8-7-26-21(17-38)5-6-27(30(26)32)42-19-25-16-33-20-43-25/h21-30,33,35-36,40H,2-20H2,1H3,(H,34,41)/t21?,22?,24-,25?,26?,27?,28?,29?,30?/m0/s1. The van der Waals surface area contributed by atoms with Gasteiger partial charge in [-0.2, -0.15) is 0 Å². The van der Waals surface area contributed by atoms with Crippen LogP contribution in [0.2, 0.25) is 0 Å². The normalized spacial score (nSPS) is 39.2. The van der Waals surface area contributed by atoms with Crippen LogP contribution in [0.15, 0.2) is 0 Å². The molecule has 0 aromatic carbocycles. The van der Waals surface area contributed by atoms with Crippen molar-refractivity contribution >= 4 is 17.5 Å². The number of alkyl halides is 1. The van der Waals surface area contributed by atoms with Crippen LogP contribution in [0.25, 0.3) is 0 Å². The van der Waals surface area contributed by atoms with Gasteiger partial charge in [0.2, 0.25) is 5.91 Å². The fourth-order valence-corrected chi connectivity index (χ4v) is 8.65. The fourth-order valence-electron chi connectivity index (χ4n) is 8.12. The summed E-state index contributed by atoms with van der Waals surface area (Å²) in [6.45, 7) is 9.01. The summed E-state index contributed by atoms with van der Waals surface area (Å²) in [5, 5.41) is 24.9. The third-order valence-electron chi connectivity index (χ3n) is 11.0. The van der Waals surface area contributed by atoms with Gasteiger partial charge in [0, 0.05) is 64.3 Å². The number of carbonyl (C=O) groups is 1. The third-order valence-corrected chi connectivity index (χ3v) is 11.7. The Morgan fingerprint density at radius 1 is 1.12 bits per heavy atom. The maximum Gasteiger partial charge on any atom is 0.223 e. The van der Waals surface area contributed by atoms with Crippen LogP contribution < -0.4 is 21.3 Å². The minimum atomic E-state index is -0.578. The number of ether oxygens (including phenoxy) is 2. The summed E-state index contributed by atoms with van der Waals surface area (Å²) in [4.78, 5) is 20.7. The Bertz CT molecular complexity index is 888.